The van der Waals surface area contributed by atoms with Gasteiger partial charge in [-0.2, -0.15) is 0 Å². The van der Waals surface area contributed by atoms with E-state index in [0.717, 1.165) is 19.4 Å². The van der Waals surface area contributed by atoms with Crippen LogP contribution in [0.3, 0.4) is 0 Å². The molecular weight excluding hydrogens is 220 g/mol. The van der Waals surface area contributed by atoms with Crippen molar-refractivity contribution in [3.8, 4) is 0 Å². The number of hydrogen-bond acceptors (Lipinski definition) is 3. The van der Waals surface area contributed by atoms with Crippen LogP contribution in [-0.4, -0.2) is 47.6 Å². The average Bonchev–Trinajstić information content (AvgIpc) is 2.69. The maximum absolute atomic E-state index is 11.6. The number of hydrogen-bond donors (Lipinski definition) is 2. The molecule has 2 aliphatic heterocycles. The van der Waals surface area contributed by atoms with Crippen LogP contribution in [-0.2, 0) is 9.59 Å². The first kappa shape index (κ1) is 12.1. The molecule has 0 bridgehead atoms. The lowest BCUT2D eigenvalue weighted by Gasteiger charge is -2.35. The standard InChI is InChI=1S/C12H18N2O3/c1-8(12(16)17)4-6-14-5-2-3-9-10(14)7-13-11(9)15/h4,9-10H,2-3,5-7H2,1H3,(H,13,15)(H,16,17). The number of aliphatic carboxylic acids is 1. The zero-order chi connectivity index (χ0) is 12.4. The van der Waals surface area contributed by atoms with E-state index in [-0.39, 0.29) is 17.9 Å². The van der Waals surface area contributed by atoms with Crippen LogP contribution in [0.25, 0.3) is 0 Å². The monoisotopic (exact) mass is 238 g/mol. The molecule has 5 nitrogen and oxygen atoms in total. The van der Waals surface area contributed by atoms with Crippen molar-refractivity contribution in [1.29, 1.82) is 0 Å². The molecule has 0 aromatic carbocycles. The minimum absolute atomic E-state index is 0.0993. The number of carboxylic acid groups (broad SMARTS) is 1. The van der Waals surface area contributed by atoms with E-state index in [1.807, 2.05) is 0 Å². The number of likely N-dealkylation sites (tertiary alicyclic amines) is 1. The van der Waals surface area contributed by atoms with Crippen LogP contribution in [0, 0.1) is 5.92 Å². The van der Waals surface area contributed by atoms with Crippen LogP contribution < -0.4 is 5.32 Å². The lowest BCUT2D eigenvalue weighted by molar-refractivity contribution is -0.132. The SMILES string of the molecule is CC(=CCN1CCCC2C(=O)NCC21)C(=O)O. The minimum Gasteiger partial charge on any atom is -0.478 e. The molecule has 2 N–H and O–H groups in total. The molecule has 1 amide bonds. The molecule has 0 aromatic heterocycles. The van der Waals surface area contributed by atoms with Gasteiger partial charge in [-0.3, -0.25) is 9.69 Å². The molecule has 5 heteroatoms. The molecule has 0 aliphatic carbocycles. The van der Waals surface area contributed by atoms with E-state index in [9.17, 15) is 9.59 Å². The van der Waals surface area contributed by atoms with Gasteiger partial charge in [0.2, 0.25) is 5.91 Å². The van der Waals surface area contributed by atoms with Crippen LogP contribution in [0.2, 0.25) is 0 Å². The van der Waals surface area contributed by atoms with Gasteiger partial charge in [-0.1, -0.05) is 6.08 Å². The Hall–Kier alpha value is -1.36. The molecule has 17 heavy (non-hydrogen) atoms. The Balaban J connectivity index is 1.99. The first-order chi connectivity index (χ1) is 8.09. The highest BCUT2D eigenvalue weighted by Gasteiger charge is 2.40. The number of carboxylic acids is 1. The zero-order valence-electron chi connectivity index (χ0n) is 9.98. The van der Waals surface area contributed by atoms with Gasteiger partial charge < -0.3 is 10.4 Å². The van der Waals surface area contributed by atoms with Crippen LogP contribution in [0.5, 0.6) is 0 Å². The second kappa shape index (κ2) is 4.87. The predicted octanol–water partition coefficient (Wildman–Crippen LogP) is 0.228. The number of fused-ring (bicyclic) bond motifs is 1. The first-order valence-electron chi connectivity index (χ1n) is 6.01. The number of carbonyl (C=O) groups excluding carboxylic acids is 1. The van der Waals surface area contributed by atoms with Gasteiger partial charge in [0.15, 0.2) is 0 Å². The highest BCUT2D eigenvalue weighted by molar-refractivity contribution is 5.85. The summed E-state index contributed by atoms with van der Waals surface area (Å²) in [6.45, 7) is 3.86. The maximum atomic E-state index is 11.6. The van der Waals surface area contributed by atoms with Gasteiger partial charge in [0.1, 0.15) is 0 Å². The summed E-state index contributed by atoms with van der Waals surface area (Å²) < 4.78 is 0. The van der Waals surface area contributed by atoms with Crippen molar-refractivity contribution in [3.63, 3.8) is 0 Å². The fourth-order valence-corrected chi connectivity index (χ4v) is 2.61. The number of nitrogens with zero attached hydrogens (tertiary/aromatic N) is 1. The summed E-state index contributed by atoms with van der Waals surface area (Å²) in [7, 11) is 0. The lowest BCUT2D eigenvalue weighted by Crippen LogP contribution is -2.45. The van der Waals surface area contributed by atoms with Crippen molar-refractivity contribution >= 4 is 11.9 Å². The Morgan fingerprint density at radius 3 is 3.12 bits per heavy atom. The van der Waals surface area contributed by atoms with Gasteiger partial charge in [0.05, 0.1) is 5.92 Å². The van der Waals surface area contributed by atoms with Crippen LogP contribution in [0.4, 0.5) is 0 Å². The van der Waals surface area contributed by atoms with Crippen molar-refractivity contribution in [2.24, 2.45) is 5.92 Å². The Labute approximate surface area is 100 Å². The maximum Gasteiger partial charge on any atom is 0.330 e. The second-order valence-electron chi connectivity index (χ2n) is 4.75. The van der Waals surface area contributed by atoms with Crippen molar-refractivity contribution in [2.75, 3.05) is 19.6 Å². The molecule has 94 valence electrons. The molecule has 0 aromatic rings. The molecule has 2 unspecified atom stereocenters. The minimum atomic E-state index is -0.876. The number of piperidine rings is 1. The third-order valence-electron chi connectivity index (χ3n) is 3.69. The summed E-state index contributed by atoms with van der Waals surface area (Å²) in [5, 5.41) is 11.7. The fourth-order valence-electron chi connectivity index (χ4n) is 2.61. The molecule has 2 fully saturated rings. The zero-order valence-corrected chi connectivity index (χ0v) is 9.98. The van der Waals surface area contributed by atoms with Gasteiger partial charge in [-0.05, 0) is 26.3 Å². The fraction of sp³-hybridized carbons (Fsp3) is 0.667. The van der Waals surface area contributed by atoms with Crippen molar-refractivity contribution < 1.29 is 14.7 Å². The topological polar surface area (TPSA) is 69.6 Å². The van der Waals surface area contributed by atoms with Crippen LogP contribution in [0.1, 0.15) is 19.8 Å². The van der Waals surface area contributed by atoms with Crippen LogP contribution in [0.15, 0.2) is 11.6 Å². The third kappa shape index (κ3) is 2.49. The molecule has 2 aliphatic rings. The van der Waals surface area contributed by atoms with Gasteiger partial charge in [0, 0.05) is 24.7 Å². The van der Waals surface area contributed by atoms with Crippen LogP contribution >= 0.6 is 0 Å². The molecule has 0 saturated carbocycles. The van der Waals surface area contributed by atoms with Gasteiger partial charge in [-0.25, -0.2) is 4.79 Å². The summed E-state index contributed by atoms with van der Waals surface area (Å²) in [6, 6.07) is 0.245. The average molecular weight is 238 g/mol. The van der Waals surface area contributed by atoms with Gasteiger partial charge >= 0.3 is 5.97 Å². The third-order valence-corrected chi connectivity index (χ3v) is 3.69. The summed E-state index contributed by atoms with van der Waals surface area (Å²) in [5.74, 6) is -0.625. The van der Waals surface area contributed by atoms with Crippen molar-refractivity contribution in [3.05, 3.63) is 11.6 Å². The molecular formula is C12H18N2O3. The molecule has 0 radical (unpaired) electrons. The number of amides is 1. The summed E-state index contributed by atoms with van der Waals surface area (Å²) >= 11 is 0. The summed E-state index contributed by atoms with van der Waals surface area (Å²) in [6.07, 6.45) is 3.69. The summed E-state index contributed by atoms with van der Waals surface area (Å²) in [4.78, 5) is 24.5. The van der Waals surface area contributed by atoms with E-state index < -0.39 is 5.97 Å². The number of carbonyl (C=O) groups is 2. The van der Waals surface area contributed by atoms with E-state index in [0.29, 0.717) is 18.7 Å². The van der Waals surface area contributed by atoms with Gasteiger partial charge in [-0.15, -0.1) is 0 Å². The highest BCUT2D eigenvalue weighted by atomic mass is 16.4. The Morgan fingerprint density at radius 2 is 2.41 bits per heavy atom. The van der Waals surface area contributed by atoms with Crippen molar-refractivity contribution in [2.45, 2.75) is 25.8 Å². The van der Waals surface area contributed by atoms with E-state index >= 15 is 0 Å². The second-order valence-corrected chi connectivity index (χ2v) is 4.75. The first-order valence-corrected chi connectivity index (χ1v) is 6.01. The van der Waals surface area contributed by atoms with Gasteiger partial charge in [0.25, 0.3) is 0 Å². The molecule has 2 heterocycles. The quantitative estimate of drug-likeness (QED) is 0.690. The Bertz CT molecular complexity index is 365. The molecule has 2 atom stereocenters. The van der Waals surface area contributed by atoms with Crippen molar-refractivity contribution in [1.82, 2.24) is 10.2 Å². The lowest BCUT2D eigenvalue weighted by atomic mass is 9.91. The number of nitrogens with one attached hydrogen (secondary N) is 1. The van der Waals surface area contributed by atoms with E-state index in [1.165, 1.54) is 0 Å². The highest BCUT2D eigenvalue weighted by Crippen LogP contribution is 2.27. The van der Waals surface area contributed by atoms with E-state index in [4.69, 9.17) is 5.11 Å². The molecule has 0 spiro atoms. The normalized spacial score (nSPS) is 29.9. The number of rotatable bonds is 3. The Morgan fingerprint density at radius 1 is 1.65 bits per heavy atom. The predicted molar refractivity (Wildman–Crippen MR) is 62.5 cm³/mol. The Kier molecular flexibility index (Phi) is 3.47. The summed E-state index contributed by atoms with van der Waals surface area (Å²) in [5.41, 5.74) is 0.365. The van der Waals surface area contributed by atoms with E-state index in [1.54, 1.807) is 13.0 Å². The smallest absolute Gasteiger partial charge is 0.330 e. The molecule has 2 rings (SSSR count). The largest absolute Gasteiger partial charge is 0.478 e. The van der Waals surface area contributed by atoms with E-state index in [2.05, 4.69) is 10.2 Å². The molecule has 2 saturated heterocycles.